The van der Waals surface area contributed by atoms with Gasteiger partial charge in [-0.15, -0.1) is 11.3 Å². The molecule has 0 bridgehead atoms. The lowest BCUT2D eigenvalue weighted by Crippen LogP contribution is -2.47. The Bertz CT molecular complexity index is 770. The number of rotatable bonds is 4. The Hall–Kier alpha value is -1.89. The number of hydrogen-bond donors (Lipinski definition) is 0. The Morgan fingerprint density at radius 2 is 1.93 bits per heavy atom. The lowest BCUT2D eigenvalue weighted by molar-refractivity contribution is -0.130. The molecule has 4 rings (SSSR count). The number of benzene rings is 1. The Labute approximate surface area is 165 Å². The van der Waals surface area contributed by atoms with E-state index in [1.807, 2.05) is 16.2 Å². The molecular weight excluding hydrogens is 358 g/mol. The standard InChI is InChI=1S/C21H27N3O2S/c1-17(25)24-8-6-22(7-9-24)14-18-4-5-21-19(13-18)15-23(10-11-26-21)16-20-3-2-12-27-20/h2-5,12-13H,6-11,14-16H2,1H3. The number of hydrogen-bond acceptors (Lipinski definition) is 5. The molecule has 5 nitrogen and oxygen atoms in total. The molecule has 0 saturated carbocycles. The van der Waals surface area contributed by atoms with Gasteiger partial charge in [0.1, 0.15) is 12.4 Å². The molecule has 0 spiro atoms. The highest BCUT2D eigenvalue weighted by Crippen LogP contribution is 2.26. The minimum absolute atomic E-state index is 0.183. The van der Waals surface area contributed by atoms with Gasteiger partial charge in [-0.25, -0.2) is 0 Å². The maximum Gasteiger partial charge on any atom is 0.219 e. The Kier molecular flexibility index (Phi) is 5.76. The topological polar surface area (TPSA) is 36.0 Å². The van der Waals surface area contributed by atoms with E-state index in [1.165, 1.54) is 16.0 Å². The fraction of sp³-hybridized carbons (Fsp3) is 0.476. The van der Waals surface area contributed by atoms with Gasteiger partial charge in [-0.3, -0.25) is 14.6 Å². The molecule has 3 heterocycles. The smallest absolute Gasteiger partial charge is 0.219 e. The van der Waals surface area contributed by atoms with Crippen LogP contribution in [0.5, 0.6) is 5.75 Å². The van der Waals surface area contributed by atoms with Crippen molar-refractivity contribution < 1.29 is 9.53 Å². The molecule has 0 atom stereocenters. The van der Waals surface area contributed by atoms with E-state index in [1.54, 1.807) is 6.92 Å². The number of carbonyl (C=O) groups excluding carboxylic acids is 1. The van der Waals surface area contributed by atoms with E-state index in [0.29, 0.717) is 0 Å². The summed E-state index contributed by atoms with van der Waals surface area (Å²) in [4.78, 5) is 19.7. The second-order valence-corrected chi connectivity index (χ2v) is 8.40. The molecule has 2 aliphatic rings. The summed E-state index contributed by atoms with van der Waals surface area (Å²) < 4.78 is 5.99. The first-order chi connectivity index (χ1) is 13.2. The number of fused-ring (bicyclic) bond motifs is 1. The first-order valence-corrected chi connectivity index (χ1v) is 10.5. The van der Waals surface area contributed by atoms with E-state index < -0.39 is 0 Å². The molecule has 0 aliphatic carbocycles. The van der Waals surface area contributed by atoms with Crippen molar-refractivity contribution in [3.63, 3.8) is 0 Å². The number of carbonyl (C=O) groups is 1. The van der Waals surface area contributed by atoms with Crippen LogP contribution in [0, 0.1) is 0 Å². The van der Waals surface area contributed by atoms with Crippen LogP contribution < -0.4 is 4.74 Å². The first kappa shape index (κ1) is 18.5. The minimum atomic E-state index is 0.183. The van der Waals surface area contributed by atoms with Crippen molar-refractivity contribution in [3.05, 3.63) is 51.7 Å². The fourth-order valence-electron chi connectivity index (χ4n) is 3.84. The molecule has 27 heavy (non-hydrogen) atoms. The molecule has 1 saturated heterocycles. The third kappa shape index (κ3) is 4.69. The fourth-order valence-corrected chi connectivity index (χ4v) is 4.58. The van der Waals surface area contributed by atoms with Crippen molar-refractivity contribution >= 4 is 17.2 Å². The molecular formula is C21H27N3O2S. The maximum atomic E-state index is 11.5. The Balaban J connectivity index is 1.40. The summed E-state index contributed by atoms with van der Waals surface area (Å²) in [6.07, 6.45) is 0. The van der Waals surface area contributed by atoms with Gasteiger partial charge in [0.05, 0.1) is 0 Å². The molecule has 1 amide bonds. The lowest BCUT2D eigenvalue weighted by Gasteiger charge is -2.34. The number of thiophene rings is 1. The summed E-state index contributed by atoms with van der Waals surface area (Å²) in [5.41, 5.74) is 2.61. The van der Waals surface area contributed by atoms with Crippen molar-refractivity contribution in [3.8, 4) is 5.75 Å². The SMILES string of the molecule is CC(=O)N1CCN(Cc2ccc3c(c2)CN(Cc2cccs2)CCO3)CC1. The molecule has 2 aliphatic heterocycles. The zero-order valence-electron chi connectivity index (χ0n) is 15.9. The first-order valence-electron chi connectivity index (χ1n) is 9.64. The highest BCUT2D eigenvalue weighted by molar-refractivity contribution is 7.09. The van der Waals surface area contributed by atoms with E-state index in [9.17, 15) is 4.79 Å². The normalized spacial score (nSPS) is 18.6. The highest BCUT2D eigenvalue weighted by Gasteiger charge is 2.20. The van der Waals surface area contributed by atoms with Gasteiger partial charge in [0, 0.05) is 69.7 Å². The van der Waals surface area contributed by atoms with E-state index in [2.05, 4.69) is 45.5 Å². The third-order valence-corrected chi connectivity index (χ3v) is 6.23. The second-order valence-electron chi connectivity index (χ2n) is 7.36. The van der Waals surface area contributed by atoms with Gasteiger partial charge in [0.25, 0.3) is 0 Å². The van der Waals surface area contributed by atoms with Crippen molar-refractivity contribution in [1.82, 2.24) is 14.7 Å². The quantitative estimate of drug-likeness (QED) is 0.811. The van der Waals surface area contributed by atoms with Crippen LogP contribution in [0.15, 0.2) is 35.7 Å². The molecule has 2 aromatic rings. The van der Waals surface area contributed by atoms with Crippen LogP contribution in [0.4, 0.5) is 0 Å². The highest BCUT2D eigenvalue weighted by atomic mass is 32.1. The summed E-state index contributed by atoms with van der Waals surface area (Å²) in [5.74, 6) is 1.21. The predicted molar refractivity (Wildman–Crippen MR) is 108 cm³/mol. The molecule has 6 heteroatoms. The second kappa shape index (κ2) is 8.42. The van der Waals surface area contributed by atoms with Crippen molar-refractivity contribution in [2.75, 3.05) is 39.3 Å². The molecule has 1 fully saturated rings. The van der Waals surface area contributed by atoms with Crippen LogP contribution in [-0.2, 0) is 24.4 Å². The zero-order valence-corrected chi connectivity index (χ0v) is 16.7. The molecule has 0 unspecified atom stereocenters. The summed E-state index contributed by atoms with van der Waals surface area (Å²) in [6.45, 7) is 9.75. The van der Waals surface area contributed by atoms with Crippen molar-refractivity contribution in [1.29, 1.82) is 0 Å². The molecule has 0 radical (unpaired) electrons. The Morgan fingerprint density at radius 3 is 2.67 bits per heavy atom. The van der Waals surface area contributed by atoms with E-state index in [4.69, 9.17) is 4.74 Å². The Morgan fingerprint density at radius 1 is 1.07 bits per heavy atom. The summed E-state index contributed by atoms with van der Waals surface area (Å²) >= 11 is 1.82. The average molecular weight is 386 g/mol. The van der Waals surface area contributed by atoms with Gasteiger partial charge < -0.3 is 9.64 Å². The van der Waals surface area contributed by atoms with Crippen LogP contribution in [0.2, 0.25) is 0 Å². The van der Waals surface area contributed by atoms with Gasteiger partial charge >= 0.3 is 0 Å². The molecule has 1 aromatic carbocycles. The number of amides is 1. The molecule has 0 N–H and O–H groups in total. The van der Waals surface area contributed by atoms with Crippen LogP contribution in [0.25, 0.3) is 0 Å². The maximum absolute atomic E-state index is 11.5. The van der Waals surface area contributed by atoms with Crippen LogP contribution in [0.1, 0.15) is 22.9 Å². The van der Waals surface area contributed by atoms with Gasteiger partial charge in [-0.05, 0) is 29.1 Å². The minimum Gasteiger partial charge on any atom is -0.492 e. The van der Waals surface area contributed by atoms with Gasteiger partial charge in [-0.1, -0.05) is 12.1 Å². The summed E-state index contributed by atoms with van der Waals surface area (Å²) in [6, 6.07) is 10.9. The third-order valence-electron chi connectivity index (χ3n) is 5.37. The summed E-state index contributed by atoms with van der Waals surface area (Å²) in [5, 5.41) is 2.14. The largest absolute Gasteiger partial charge is 0.492 e. The van der Waals surface area contributed by atoms with Gasteiger partial charge in [0.15, 0.2) is 0 Å². The number of piperazine rings is 1. The van der Waals surface area contributed by atoms with Crippen LogP contribution in [-0.4, -0.2) is 59.9 Å². The van der Waals surface area contributed by atoms with Crippen molar-refractivity contribution in [2.24, 2.45) is 0 Å². The van der Waals surface area contributed by atoms with Gasteiger partial charge in [-0.2, -0.15) is 0 Å². The van der Waals surface area contributed by atoms with E-state index in [-0.39, 0.29) is 5.91 Å². The molecule has 1 aromatic heterocycles. The van der Waals surface area contributed by atoms with E-state index in [0.717, 1.165) is 64.7 Å². The average Bonchev–Trinajstić information content (AvgIpc) is 3.08. The number of nitrogens with zero attached hydrogens (tertiary/aromatic N) is 3. The monoisotopic (exact) mass is 385 g/mol. The van der Waals surface area contributed by atoms with Crippen molar-refractivity contribution in [2.45, 2.75) is 26.6 Å². The van der Waals surface area contributed by atoms with Crippen LogP contribution in [0.3, 0.4) is 0 Å². The zero-order chi connectivity index (χ0) is 18.6. The van der Waals surface area contributed by atoms with Crippen LogP contribution >= 0.6 is 11.3 Å². The lowest BCUT2D eigenvalue weighted by atomic mass is 10.1. The number of ether oxygens (including phenoxy) is 1. The van der Waals surface area contributed by atoms with Gasteiger partial charge in [0.2, 0.25) is 5.91 Å². The molecule has 144 valence electrons. The summed E-state index contributed by atoms with van der Waals surface area (Å²) in [7, 11) is 0. The predicted octanol–water partition coefficient (Wildman–Crippen LogP) is 2.81. The van der Waals surface area contributed by atoms with E-state index >= 15 is 0 Å².